The lowest BCUT2D eigenvalue weighted by molar-refractivity contribution is -0.0339. The first-order chi connectivity index (χ1) is 12.0. The number of amides is 2. The van der Waals surface area contributed by atoms with Crippen molar-refractivity contribution in [2.75, 3.05) is 32.7 Å². The van der Waals surface area contributed by atoms with E-state index in [9.17, 15) is 9.90 Å². The van der Waals surface area contributed by atoms with Gasteiger partial charge in [-0.05, 0) is 62.5 Å². The third-order valence-corrected chi connectivity index (χ3v) is 5.74. The van der Waals surface area contributed by atoms with Crippen LogP contribution in [-0.4, -0.2) is 59.3 Å². The summed E-state index contributed by atoms with van der Waals surface area (Å²) in [6.45, 7) is 4.35. The van der Waals surface area contributed by atoms with Gasteiger partial charge in [0.05, 0.1) is 5.60 Å². The molecule has 2 saturated heterocycles. The molecule has 2 aliphatic heterocycles. The fourth-order valence-corrected chi connectivity index (χ4v) is 3.98. The van der Waals surface area contributed by atoms with Crippen molar-refractivity contribution in [3.05, 3.63) is 33.8 Å². The second-order valence-corrected chi connectivity index (χ2v) is 7.93. The minimum Gasteiger partial charge on any atom is -0.388 e. The van der Waals surface area contributed by atoms with E-state index in [1.165, 1.54) is 12.8 Å². The van der Waals surface area contributed by atoms with Crippen LogP contribution in [0, 0.1) is 0 Å². The van der Waals surface area contributed by atoms with E-state index < -0.39 is 5.60 Å². The molecule has 3 rings (SSSR count). The molecule has 0 atom stereocenters. The molecule has 0 bridgehead atoms. The molecule has 5 nitrogen and oxygen atoms in total. The maximum absolute atomic E-state index is 12.4. The van der Waals surface area contributed by atoms with Gasteiger partial charge in [-0.3, -0.25) is 0 Å². The average Bonchev–Trinajstić information content (AvgIpc) is 3.08. The highest BCUT2D eigenvalue weighted by Gasteiger charge is 2.35. The molecule has 1 aromatic rings. The van der Waals surface area contributed by atoms with Gasteiger partial charge < -0.3 is 20.2 Å². The van der Waals surface area contributed by atoms with Crippen LogP contribution in [0.1, 0.15) is 31.2 Å². The lowest BCUT2D eigenvalue weighted by atomic mass is 9.91. The van der Waals surface area contributed by atoms with Crippen molar-refractivity contribution in [2.45, 2.75) is 37.8 Å². The van der Waals surface area contributed by atoms with Gasteiger partial charge in [-0.25, -0.2) is 4.79 Å². The molecule has 2 amide bonds. The number of hydrogen-bond donors (Lipinski definition) is 2. The van der Waals surface area contributed by atoms with E-state index in [4.69, 9.17) is 23.2 Å². The van der Waals surface area contributed by atoms with Crippen molar-refractivity contribution >= 4 is 29.2 Å². The van der Waals surface area contributed by atoms with E-state index in [1.54, 1.807) is 23.1 Å². The number of carbonyl (C=O) groups is 1. The highest BCUT2D eigenvalue weighted by atomic mass is 35.5. The molecule has 2 heterocycles. The summed E-state index contributed by atoms with van der Waals surface area (Å²) < 4.78 is 0. The number of nitrogens with one attached hydrogen (secondary N) is 1. The second-order valence-electron chi connectivity index (χ2n) is 7.09. The Bertz CT molecular complexity index is 612. The third-order valence-electron chi connectivity index (χ3n) is 5.14. The minimum atomic E-state index is -0.669. The van der Waals surface area contributed by atoms with Crippen molar-refractivity contribution in [1.29, 1.82) is 0 Å². The molecule has 2 aliphatic rings. The van der Waals surface area contributed by atoms with Crippen molar-refractivity contribution in [2.24, 2.45) is 0 Å². The summed E-state index contributed by atoms with van der Waals surface area (Å²) in [5.41, 5.74) is 0.127. The molecule has 0 aromatic heterocycles. The fourth-order valence-electron chi connectivity index (χ4n) is 3.60. The molecule has 2 N–H and O–H groups in total. The van der Waals surface area contributed by atoms with Crippen LogP contribution in [0.3, 0.4) is 0 Å². The molecule has 0 radical (unpaired) electrons. The number of carbonyl (C=O) groups excluding carboxylic acids is 1. The van der Waals surface area contributed by atoms with Gasteiger partial charge in [-0.1, -0.05) is 23.2 Å². The summed E-state index contributed by atoms with van der Waals surface area (Å²) in [5.74, 6) is 0. The van der Waals surface area contributed by atoms with Crippen molar-refractivity contribution in [3.63, 3.8) is 0 Å². The summed E-state index contributed by atoms with van der Waals surface area (Å²) in [4.78, 5) is 16.5. The maximum atomic E-state index is 12.4. The van der Waals surface area contributed by atoms with Crippen LogP contribution in [0.15, 0.2) is 18.2 Å². The summed E-state index contributed by atoms with van der Waals surface area (Å²) in [6, 6.07) is 5.08. The highest BCUT2D eigenvalue weighted by Crippen LogP contribution is 2.25. The molecule has 0 spiro atoms. The molecule has 25 heavy (non-hydrogen) atoms. The first-order valence-corrected chi connectivity index (χ1v) is 9.62. The highest BCUT2D eigenvalue weighted by molar-refractivity contribution is 6.33. The number of nitrogens with zero attached hydrogens (tertiary/aromatic N) is 2. The van der Waals surface area contributed by atoms with E-state index in [2.05, 4.69) is 10.2 Å². The lowest BCUT2D eigenvalue weighted by Gasteiger charge is -2.40. The third kappa shape index (κ3) is 5.00. The van der Waals surface area contributed by atoms with Crippen LogP contribution in [0.2, 0.25) is 10.0 Å². The fraction of sp³-hybridized carbons (Fsp3) is 0.611. The number of urea groups is 1. The Labute approximate surface area is 158 Å². The number of halogens is 2. The van der Waals surface area contributed by atoms with Crippen LogP contribution in [0.25, 0.3) is 0 Å². The Morgan fingerprint density at radius 2 is 1.84 bits per heavy atom. The quantitative estimate of drug-likeness (QED) is 0.836. The molecule has 7 heteroatoms. The van der Waals surface area contributed by atoms with Crippen molar-refractivity contribution in [3.8, 4) is 0 Å². The van der Waals surface area contributed by atoms with E-state index in [-0.39, 0.29) is 6.03 Å². The van der Waals surface area contributed by atoms with E-state index in [0.717, 1.165) is 25.2 Å². The van der Waals surface area contributed by atoms with Crippen LogP contribution in [0.5, 0.6) is 0 Å². The van der Waals surface area contributed by atoms with Crippen molar-refractivity contribution < 1.29 is 9.90 Å². The number of hydrogen-bond acceptors (Lipinski definition) is 3. The second kappa shape index (κ2) is 8.12. The van der Waals surface area contributed by atoms with Crippen molar-refractivity contribution in [1.82, 2.24) is 15.1 Å². The van der Waals surface area contributed by atoms with Crippen LogP contribution < -0.4 is 5.32 Å². The normalized spacial score (nSPS) is 20.7. The topological polar surface area (TPSA) is 55.8 Å². The summed E-state index contributed by atoms with van der Waals surface area (Å²) >= 11 is 12.1. The number of likely N-dealkylation sites (tertiary alicyclic amines) is 2. The molecule has 0 unspecified atom stereocenters. The van der Waals surface area contributed by atoms with Gasteiger partial charge in [0, 0.05) is 36.2 Å². The monoisotopic (exact) mass is 385 g/mol. The summed E-state index contributed by atoms with van der Waals surface area (Å²) in [7, 11) is 0. The Morgan fingerprint density at radius 1 is 1.16 bits per heavy atom. The zero-order chi connectivity index (χ0) is 17.9. The van der Waals surface area contributed by atoms with Gasteiger partial charge in [0.25, 0.3) is 0 Å². The summed E-state index contributed by atoms with van der Waals surface area (Å²) in [5, 5.41) is 14.8. The zero-order valence-corrected chi connectivity index (χ0v) is 15.8. The molecular formula is C18H25Cl2N3O2. The standard InChI is InChI=1S/C18H25Cl2N3O2/c19-15-3-4-16(20)14(11-15)12-21-17(24)23-9-5-18(25,6-10-23)13-22-7-1-2-8-22/h3-4,11,25H,1-2,5-10,12-13H2,(H,21,24). The van der Waals surface area contributed by atoms with E-state index >= 15 is 0 Å². The van der Waals surface area contributed by atoms with Crippen LogP contribution in [-0.2, 0) is 6.54 Å². The number of β-amino-alcohol motifs (C(OH)–C–C–N with tert-alkyl or cyclic N) is 1. The Morgan fingerprint density at radius 3 is 2.52 bits per heavy atom. The van der Waals surface area contributed by atoms with E-state index in [0.29, 0.717) is 42.5 Å². The maximum Gasteiger partial charge on any atom is 0.317 e. The minimum absolute atomic E-state index is 0.126. The molecule has 2 fully saturated rings. The average molecular weight is 386 g/mol. The first kappa shape index (κ1) is 18.8. The van der Waals surface area contributed by atoms with Gasteiger partial charge in [0.2, 0.25) is 0 Å². The van der Waals surface area contributed by atoms with Gasteiger partial charge in [0.1, 0.15) is 0 Å². The van der Waals surface area contributed by atoms with Crippen LogP contribution in [0.4, 0.5) is 4.79 Å². The van der Waals surface area contributed by atoms with Crippen LogP contribution >= 0.6 is 23.2 Å². The van der Waals surface area contributed by atoms with Gasteiger partial charge in [-0.15, -0.1) is 0 Å². The zero-order valence-electron chi connectivity index (χ0n) is 14.3. The SMILES string of the molecule is O=C(NCc1cc(Cl)ccc1Cl)N1CCC(O)(CN2CCCC2)CC1. The predicted molar refractivity (Wildman–Crippen MR) is 100 cm³/mol. The predicted octanol–water partition coefficient (Wildman–Crippen LogP) is 3.13. The number of benzene rings is 1. The Kier molecular flexibility index (Phi) is 6.10. The molecule has 0 saturated carbocycles. The molecular weight excluding hydrogens is 361 g/mol. The van der Waals surface area contributed by atoms with Gasteiger partial charge >= 0.3 is 6.03 Å². The lowest BCUT2D eigenvalue weighted by Crippen LogP contribution is -2.53. The first-order valence-electron chi connectivity index (χ1n) is 8.87. The number of rotatable bonds is 4. The molecule has 138 valence electrons. The van der Waals surface area contributed by atoms with Gasteiger partial charge in [-0.2, -0.15) is 0 Å². The molecule has 1 aromatic carbocycles. The summed E-state index contributed by atoms with van der Waals surface area (Å²) in [6.07, 6.45) is 3.68. The number of aliphatic hydroxyl groups is 1. The number of piperidine rings is 1. The Balaban J connectivity index is 1.47. The van der Waals surface area contributed by atoms with Gasteiger partial charge in [0.15, 0.2) is 0 Å². The largest absolute Gasteiger partial charge is 0.388 e. The smallest absolute Gasteiger partial charge is 0.317 e. The Hall–Kier alpha value is -1.01. The van der Waals surface area contributed by atoms with E-state index in [1.807, 2.05) is 0 Å². The molecule has 0 aliphatic carbocycles.